The van der Waals surface area contributed by atoms with E-state index in [0.717, 1.165) is 17.8 Å². The van der Waals surface area contributed by atoms with E-state index < -0.39 is 0 Å². The summed E-state index contributed by atoms with van der Waals surface area (Å²) in [6, 6.07) is 0. The number of epoxide rings is 1. The van der Waals surface area contributed by atoms with Crippen molar-refractivity contribution < 1.29 is 4.74 Å². The molecule has 0 radical (unpaired) electrons. The fraction of sp³-hybridized carbons (Fsp3) is 1.00. The normalized spacial score (nSPS) is 65.2. The molecule has 0 aromatic rings. The van der Waals surface area contributed by atoms with Crippen LogP contribution in [0.2, 0.25) is 0 Å². The van der Waals surface area contributed by atoms with Crippen LogP contribution in [0.1, 0.15) is 53.4 Å². The summed E-state index contributed by atoms with van der Waals surface area (Å²) in [5.74, 6) is 2.75. The molecule has 3 aliphatic carbocycles. The number of ether oxygens (including phenoxy) is 1. The molecule has 0 aromatic carbocycles. The molecule has 1 nitrogen and oxygen atoms in total. The van der Waals surface area contributed by atoms with E-state index in [-0.39, 0.29) is 5.60 Å². The summed E-state index contributed by atoms with van der Waals surface area (Å²) < 4.78 is 6.09. The molecule has 2 bridgehead atoms. The molecule has 4 fully saturated rings. The molecule has 1 aliphatic heterocycles. The zero-order chi connectivity index (χ0) is 11.3. The molecule has 1 spiro atoms. The van der Waals surface area contributed by atoms with Gasteiger partial charge in [0.15, 0.2) is 0 Å². The van der Waals surface area contributed by atoms with Crippen molar-refractivity contribution in [1.29, 1.82) is 0 Å². The van der Waals surface area contributed by atoms with Gasteiger partial charge < -0.3 is 4.74 Å². The average molecular weight is 220 g/mol. The summed E-state index contributed by atoms with van der Waals surface area (Å²) >= 11 is 0. The molecule has 1 heteroatoms. The summed E-state index contributed by atoms with van der Waals surface area (Å²) in [6.07, 6.45) is 6.38. The Morgan fingerprint density at radius 2 is 1.75 bits per heavy atom. The first kappa shape index (κ1) is 9.94. The van der Waals surface area contributed by atoms with Crippen LogP contribution in [0.3, 0.4) is 0 Å². The second-order valence-corrected chi connectivity index (χ2v) is 7.84. The first-order valence-electron chi connectivity index (χ1n) is 7.09. The fourth-order valence-electron chi connectivity index (χ4n) is 6.21. The second kappa shape index (κ2) is 2.39. The van der Waals surface area contributed by atoms with E-state index in [2.05, 4.69) is 27.7 Å². The maximum Gasteiger partial charge on any atom is 0.0954 e. The smallest absolute Gasteiger partial charge is 0.0954 e. The maximum absolute atomic E-state index is 6.09. The molecule has 0 amide bonds. The molecule has 6 atom stereocenters. The molecule has 4 rings (SSSR count). The van der Waals surface area contributed by atoms with E-state index in [1.54, 1.807) is 0 Å². The molecule has 90 valence electrons. The van der Waals surface area contributed by atoms with E-state index >= 15 is 0 Å². The lowest BCUT2D eigenvalue weighted by atomic mass is 9.66. The quantitative estimate of drug-likeness (QED) is 0.568. The molecule has 0 aromatic heterocycles. The van der Waals surface area contributed by atoms with Crippen molar-refractivity contribution in [2.45, 2.75) is 65.1 Å². The average Bonchev–Trinajstić information content (AvgIpc) is 2.67. The summed E-state index contributed by atoms with van der Waals surface area (Å²) in [5.41, 5.74) is 1.44. The molecule has 1 heterocycles. The standard InChI is InChI=1S/C15H24O/c1-9-5-6-10-13(2,3)11-7-15(9,10)8-12-14(11,4)16-12/h9-12H,5-8H2,1-4H3/t9-,10+,11-,12-,14+,15-/m1/s1. The Bertz CT molecular complexity index is 356. The van der Waals surface area contributed by atoms with Crippen LogP contribution in [0, 0.1) is 28.6 Å². The molecule has 3 saturated carbocycles. The van der Waals surface area contributed by atoms with Gasteiger partial charge in [0.1, 0.15) is 0 Å². The molecule has 0 N–H and O–H groups in total. The van der Waals surface area contributed by atoms with E-state index in [1.807, 2.05) is 0 Å². The van der Waals surface area contributed by atoms with Gasteiger partial charge in [-0.1, -0.05) is 20.8 Å². The first-order chi connectivity index (χ1) is 7.41. The van der Waals surface area contributed by atoms with E-state index in [9.17, 15) is 0 Å². The molecular formula is C15H24O. The van der Waals surface area contributed by atoms with Crippen LogP contribution in [0.5, 0.6) is 0 Å². The van der Waals surface area contributed by atoms with Crippen LogP contribution in [-0.2, 0) is 4.74 Å². The number of hydrogen-bond acceptors (Lipinski definition) is 1. The highest BCUT2D eigenvalue weighted by Gasteiger charge is 2.76. The third-order valence-electron chi connectivity index (χ3n) is 7.18. The minimum Gasteiger partial charge on any atom is -0.366 e. The summed E-state index contributed by atoms with van der Waals surface area (Å²) in [5, 5.41) is 0. The highest BCUT2D eigenvalue weighted by Crippen LogP contribution is 2.77. The Balaban J connectivity index is 1.85. The van der Waals surface area contributed by atoms with Crippen molar-refractivity contribution in [2.75, 3.05) is 0 Å². The predicted octanol–water partition coefficient (Wildman–Crippen LogP) is 3.63. The Kier molecular flexibility index (Phi) is 1.48. The van der Waals surface area contributed by atoms with Gasteiger partial charge >= 0.3 is 0 Å². The molecular weight excluding hydrogens is 196 g/mol. The second-order valence-electron chi connectivity index (χ2n) is 7.84. The maximum atomic E-state index is 6.09. The zero-order valence-corrected chi connectivity index (χ0v) is 11.0. The van der Waals surface area contributed by atoms with Gasteiger partial charge in [0.25, 0.3) is 0 Å². The van der Waals surface area contributed by atoms with Crippen LogP contribution < -0.4 is 0 Å². The molecule has 1 saturated heterocycles. The Morgan fingerprint density at radius 3 is 2.50 bits per heavy atom. The Morgan fingerprint density at radius 1 is 1.00 bits per heavy atom. The number of fused-ring (bicyclic) bond motifs is 3. The minimum atomic E-state index is 0.263. The molecule has 0 unspecified atom stereocenters. The third kappa shape index (κ3) is 0.805. The largest absolute Gasteiger partial charge is 0.366 e. The lowest BCUT2D eigenvalue weighted by Crippen LogP contribution is -2.36. The Labute approximate surface area is 98.9 Å². The molecule has 4 aliphatic rings. The lowest BCUT2D eigenvalue weighted by molar-refractivity contribution is 0.0866. The van der Waals surface area contributed by atoms with Gasteiger partial charge in [-0.25, -0.2) is 0 Å². The third-order valence-corrected chi connectivity index (χ3v) is 7.18. The van der Waals surface area contributed by atoms with Gasteiger partial charge in [-0.2, -0.15) is 0 Å². The van der Waals surface area contributed by atoms with Crippen molar-refractivity contribution in [1.82, 2.24) is 0 Å². The van der Waals surface area contributed by atoms with Gasteiger partial charge in [-0.05, 0) is 61.2 Å². The van der Waals surface area contributed by atoms with Crippen molar-refractivity contribution in [3.63, 3.8) is 0 Å². The first-order valence-corrected chi connectivity index (χ1v) is 7.09. The van der Waals surface area contributed by atoms with Gasteiger partial charge in [0.05, 0.1) is 11.7 Å². The van der Waals surface area contributed by atoms with E-state index in [0.29, 0.717) is 16.9 Å². The van der Waals surface area contributed by atoms with Gasteiger partial charge in [-0.15, -0.1) is 0 Å². The lowest BCUT2D eigenvalue weighted by Gasteiger charge is -2.37. The van der Waals surface area contributed by atoms with Crippen LogP contribution in [0.4, 0.5) is 0 Å². The SMILES string of the molecule is C[C@@H]1CC[C@H]2C(C)(C)[C@H]3C[C@@]12C[C@H]1O[C@@]31C. The van der Waals surface area contributed by atoms with Crippen molar-refractivity contribution in [2.24, 2.45) is 28.6 Å². The van der Waals surface area contributed by atoms with Gasteiger partial charge in [0, 0.05) is 0 Å². The fourth-order valence-corrected chi connectivity index (χ4v) is 6.21. The van der Waals surface area contributed by atoms with Crippen molar-refractivity contribution >= 4 is 0 Å². The van der Waals surface area contributed by atoms with E-state index in [4.69, 9.17) is 4.74 Å². The highest BCUT2D eigenvalue weighted by atomic mass is 16.6. The van der Waals surface area contributed by atoms with Gasteiger partial charge in [-0.3, -0.25) is 0 Å². The monoisotopic (exact) mass is 220 g/mol. The van der Waals surface area contributed by atoms with Crippen LogP contribution in [0.15, 0.2) is 0 Å². The van der Waals surface area contributed by atoms with Crippen molar-refractivity contribution in [3.8, 4) is 0 Å². The zero-order valence-electron chi connectivity index (χ0n) is 11.0. The minimum absolute atomic E-state index is 0.263. The highest BCUT2D eigenvalue weighted by molar-refractivity contribution is 5.24. The predicted molar refractivity (Wildman–Crippen MR) is 64.1 cm³/mol. The summed E-state index contributed by atoms with van der Waals surface area (Å²) in [4.78, 5) is 0. The van der Waals surface area contributed by atoms with Crippen molar-refractivity contribution in [3.05, 3.63) is 0 Å². The van der Waals surface area contributed by atoms with E-state index in [1.165, 1.54) is 25.7 Å². The number of rotatable bonds is 0. The van der Waals surface area contributed by atoms with Crippen LogP contribution >= 0.6 is 0 Å². The topological polar surface area (TPSA) is 12.5 Å². The van der Waals surface area contributed by atoms with Crippen LogP contribution in [0.25, 0.3) is 0 Å². The summed E-state index contributed by atoms with van der Waals surface area (Å²) in [6.45, 7) is 9.93. The molecule has 16 heavy (non-hydrogen) atoms. The van der Waals surface area contributed by atoms with Crippen LogP contribution in [-0.4, -0.2) is 11.7 Å². The number of hydrogen-bond donors (Lipinski definition) is 0. The Hall–Kier alpha value is -0.0400. The summed E-state index contributed by atoms with van der Waals surface area (Å²) in [7, 11) is 0. The van der Waals surface area contributed by atoms with Gasteiger partial charge in [0.2, 0.25) is 0 Å².